The van der Waals surface area contributed by atoms with E-state index < -0.39 is 22.8 Å². The van der Waals surface area contributed by atoms with E-state index in [1.807, 2.05) is 42.2 Å². The number of nitro benzene ring substituents is 1. The number of fused-ring (bicyclic) bond motifs is 1. The van der Waals surface area contributed by atoms with Crippen molar-refractivity contribution in [1.82, 2.24) is 10.2 Å². The zero-order valence-corrected chi connectivity index (χ0v) is 23.0. The van der Waals surface area contributed by atoms with Crippen LogP contribution in [0.2, 0.25) is 0 Å². The van der Waals surface area contributed by atoms with Crippen molar-refractivity contribution in [3.63, 3.8) is 0 Å². The average molecular weight is 563 g/mol. The molecule has 0 saturated carbocycles. The topological polar surface area (TPSA) is 114 Å². The van der Waals surface area contributed by atoms with Crippen molar-refractivity contribution >= 4 is 51.2 Å². The highest BCUT2D eigenvalue weighted by molar-refractivity contribution is 7.80. The van der Waals surface area contributed by atoms with Crippen molar-refractivity contribution in [2.24, 2.45) is 0 Å². The largest absolute Gasteiger partial charge is 0.465 e. The Morgan fingerprint density at radius 1 is 1.18 bits per heavy atom. The van der Waals surface area contributed by atoms with Gasteiger partial charge < -0.3 is 20.3 Å². The molecule has 2 heterocycles. The molecule has 1 unspecified atom stereocenters. The van der Waals surface area contributed by atoms with E-state index in [0.717, 1.165) is 35.3 Å². The van der Waals surface area contributed by atoms with Crippen LogP contribution in [0.5, 0.6) is 0 Å². The van der Waals surface area contributed by atoms with Gasteiger partial charge in [-0.2, -0.15) is 0 Å². The van der Waals surface area contributed by atoms with Crippen LogP contribution < -0.4 is 10.6 Å². The van der Waals surface area contributed by atoms with Crippen LogP contribution in [-0.2, 0) is 28.9 Å². The van der Waals surface area contributed by atoms with Crippen LogP contribution in [0.15, 0.2) is 65.9 Å². The van der Waals surface area contributed by atoms with Crippen molar-refractivity contribution < 1.29 is 19.2 Å². The molecule has 1 aliphatic heterocycles. The van der Waals surface area contributed by atoms with Crippen molar-refractivity contribution in [3.05, 3.63) is 103 Å². The molecule has 2 aliphatic rings. The SMILES string of the molecule is COC(=O)c1c(NC(=O)C2=C(C)N(Cc3ccccc3)C(=S)NC2c2ccc([N+](=O)[O-])cc2)sc2c1CCC2. The van der Waals surface area contributed by atoms with Crippen molar-refractivity contribution in [3.8, 4) is 0 Å². The molecule has 2 N–H and O–H groups in total. The number of thiophene rings is 1. The number of methoxy groups -OCH3 is 1. The lowest BCUT2D eigenvalue weighted by atomic mass is 9.94. The molecule has 0 saturated heterocycles. The summed E-state index contributed by atoms with van der Waals surface area (Å²) in [5.74, 6) is -0.870. The molecule has 3 aromatic rings. The van der Waals surface area contributed by atoms with E-state index in [1.165, 1.54) is 30.6 Å². The first-order valence-electron chi connectivity index (χ1n) is 12.4. The fraction of sp³-hybridized carbons (Fsp3) is 0.250. The second kappa shape index (κ2) is 11.0. The number of nitrogens with zero attached hydrogens (tertiary/aromatic N) is 2. The maximum Gasteiger partial charge on any atom is 0.341 e. The summed E-state index contributed by atoms with van der Waals surface area (Å²) in [4.78, 5) is 40.4. The van der Waals surface area contributed by atoms with Gasteiger partial charge in [0.05, 0.1) is 29.2 Å². The van der Waals surface area contributed by atoms with Crippen molar-refractivity contribution in [2.45, 2.75) is 38.8 Å². The Labute approximate surface area is 234 Å². The van der Waals surface area contributed by atoms with Gasteiger partial charge in [0.1, 0.15) is 5.00 Å². The Kier molecular flexibility index (Phi) is 7.45. The number of carbonyl (C=O) groups is 2. The standard InChI is InChI=1S/C28H26N4O5S2/c1-16-22(25(33)30-26-23(27(34)37-2)20-9-6-10-21(20)39-26)24(18-11-13-19(14-12-18)32(35)36)29-28(38)31(16)15-17-7-4-3-5-8-17/h3-5,7-8,11-14,24H,6,9-10,15H2,1-2H3,(H,29,38)(H,30,33). The Hall–Kier alpha value is -4.09. The Bertz CT molecular complexity index is 1500. The minimum atomic E-state index is -0.654. The zero-order chi connectivity index (χ0) is 27.7. The Morgan fingerprint density at radius 3 is 2.56 bits per heavy atom. The highest BCUT2D eigenvalue weighted by atomic mass is 32.1. The molecular weight excluding hydrogens is 536 g/mol. The second-order valence-electron chi connectivity index (χ2n) is 9.31. The third-order valence-corrected chi connectivity index (χ3v) is 8.55. The zero-order valence-electron chi connectivity index (χ0n) is 21.4. The third-order valence-electron chi connectivity index (χ3n) is 7.00. The number of thiocarbonyl (C=S) groups is 1. The maximum absolute atomic E-state index is 14.0. The van der Waals surface area contributed by atoms with Gasteiger partial charge in [-0.1, -0.05) is 30.3 Å². The smallest absolute Gasteiger partial charge is 0.341 e. The summed E-state index contributed by atoms with van der Waals surface area (Å²) in [7, 11) is 1.33. The van der Waals surface area contributed by atoms with Gasteiger partial charge in [0.2, 0.25) is 0 Å². The summed E-state index contributed by atoms with van der Waals surface area (Å²) in [5.41, 5.74) is 4.00. The van der Waals surface area contributed by atoms with Crippen LogP contribution in [0.4, 0.5) is 10.7 Å². The lowest BCUT2D eigenvalue weighted by molar-refractivity contribution is -0.384. The number of esters is 1. The number of aryl methyl sites for hydroxylation is 1. The predicted molar refractivity (Wildman–Crippen MR) is 153 cm³/mol. The predicted octanol–water partition coefficient (Wildman–Crippen LogP) is 5.28. The van der Waals surface area contributed by atoms with Crippen LogP contribution >= 0.6 is 23.6 Å². The molecule has 0 radical (unpaired) electrons. The summed E-state index contributed by atoms with van der Waals surface area (Å²) >= 11 is 7.11. The van der Waals surface area contributed by atoms with Gasteiger partial charge in [0, 0.05) is 29.3 Å². The van der Waals surface area contributed by atoms with E-state index in [9.17, 15) is 19.7 Å². The number of anilines is 1. The number of non-ortho nitro benzene ring substituents is 1. The number of hydrogen-bond acceptors (Lipinski definition) is 7. The quantitative estimate of drug-likeness (QED) is 0.173. The molecule has 2 aromatic carbocycles. The molecule has 11 heteroatoms. The van der Waals surface area contributed by atoms with Gasteiger partial charge >= 0.3 is 5.97 Å². The van der Waals surface area contributed by atoms with E-state index in [1.54, 1.807) is 12.1 Å². The fourth-order valence-electron chi connectivity index (χ4n) is 5.05. The molecule has 200 valence electrons. The first-order valence-corrected chi connectivity index (χ1v) is 13.6. The number of nitrogens with one attached hydrogen (secondary N) is 2. The highest BCUT2D eigenvalue weighted by Gasteiger charge is 2.36. The van der Waals surface area contributed by atoms with Gasteiger partial charge in [-0.3, -0.25) is 14.9 Å². The lowest BCUT2D eigenvalue weighted by Gasteiger charge is -2.38. The fourth-order valence-corrected chi connectivity index (χ4v) is 6.64. The molecule has 0 bridgehead atoms. The first kappa shape index (κ1) is 26.5. The molecule has 5 rings (SSSR count). The van der Waals surface area contributed by atoms with Crippen LogP contribution in [0, 0.1) is 10.1 Å². The van der Waals surface area contributed by atoms with E-state index >= 15 is 0 Å². The maximum atomic E-state index is 14.0. The summed E-state index contributed by atoms with van der Waals surface area (Å²) in [6.45, 7) is 2.28. The monoisotopic (exact) mass is 562 g/mol. The molecular formula is C28H26N4O5S2. The molecule has 1 amide bonds. The average Bonchev–Trinajstić information content (AvgIpc) is 3.52. The van der Waals surface area contributed by atoms with Crippen LogP contribution in [-0.4, -0.2) is 33.9 Å². The highest BCUT2D eigenvalue weighted by Crippen LogP contribution is 2.41. The summed E-state index contributed by atoms with van der Waals surface area (Å²) < 4.78 is 5.04. The number of allylic oxidation sites excluding steroid dienone is 1. The molecule has 39 heavy (non-hydrogen) atoms. The summed E-state index contributed by atoms with van der Waals surface area (Å²) in [6, 6.07) is 15.1. The van der Waals surface area contributed by atoms with E-state index in [0.29, 0.717) is 39.1 Å². The van der Waals surface area contributed by atoms with E-state index in [4.69, 9.17) is 17.0 Å². The van der Waals surface area contributed by atoms with Gasteiger partial charge in [-0.25, -0.2) is 4.79 Å². The number of amides is 1. The molecule has 0 fully saturated rings. The van der Waals surface area contributed by atoms with Crippen LogP contribution in [0.25, 0.3) is 0 Å². The van der Waals surface area contributed by atoms with E-state index in [-0.39, 0.29) is 5.69 Å². The number of nitro groups is 1. The van der Waals surface area contributed by atoms with E-state index in [2.05, 4.69) is 10.6 Å². The molecule has 1 aliphatic carbocycles. The lowest BCUT2D eigenvalue weighted by Crippen LogP contribution is -2.48. The van der Waals surface area contributed by atoms with Crippen LogP contribution in [0.3, 0.4) is 0 Å². The van der Waals surface area contributed by atoms with Gasteiger partial charge in [-0.05, 0) is 67.2 Å². The molecule has 9 nitrogen and oxygen atoms in total. The first-order chi connectivity index (χ1) is 18.8. The summed E-state index contributed by atoms with van der Waals surface area (Å²) in [6.07, 6.45) is 2.58. The molecule has 1 aromatic heterocycles. The number of carbonyl (C=O) groups excluding carboxylic acids is 2. The molecule has 1 atom stereocenters. The van der Waals surface area contributed by atoms with Gasteiger partial charge in [0.15, 0.2) is 5.11 Å². The normalized spacial score (nSPS) is 16.5. The minimum absolute atomic E-state index is 0.0506. The number of hydrogen-bond donors (Lipinski definition) is 2. The summed E-state index contributed by atoms with van der Waals surface area (Å²) in [5, 5.41) is 18.4. The van der Waals surface area contributed by atoms with Gasteiger partial charge in [-0.15, -0.1) is 11.3 Å². The molecule has 0 spiro atoms. The van der Waals surface area contributed by atoms with Crippen molar-refractivity contribution in [1.29, 1.82) is 0 Å². The number of ether oxygens (including phenoxy) is 1. The van der Waals surface area contributed by atoms with Gasteiger partial charge in [0.25, 0.3) is 11.6 Å². The second-order valence-corrected chi connectivity index (χ2v) is 10.8. The number of rotatable bonds is 7. The van der Waals surface area contributed by atoms with Crippen LogP contribution in [0.1, 0.15) is 51.3 Å². The third kappa shape index (κ3) is 5.15. The minimum Gasteiger partial charge on any atom is -0.465 e. The van der Waals surface area contributed by atoms with Crippen molar-refractivity contribution in [2.75, 3.05) is 12.4 Å². The Morgan fingerprint density at radius 2 is 1.90 bits per heavy atom. The Balaban J connectivity index is 1.55. The number of benzene rings is 2.